The van der Waals surface area contributed by atoms with Gasteiger partial charge in [-0.15, -0.1) is 0 Å². The largest absolute Gasteiger partial charge is 0.465 e. The van der Waals surface area contributed by atoms with Crippen molar-refractivity contribution in [2.45, 2.75) is 0 Å². The van der Waals surface area contributed by atoms with Gasteiger partial charge in [0.25, 0.3) is 0 Å². The van der Waals surface area contributed by atoms with Gasteiger partial charge in [0.15, 0.2) is 6.29 Å². The lowest BCUT2D eigenvalue weighted by Crippen LogP contribution is -2.06. The molecule has 0 amide bonds. The maximum Gasteiger partial charge on any atom is 0.338 e. The molecule has 0 atom stereocenters. The summed E-state index contributed by atoms with van der Waals surface area (Å²) in [5.41, 5.74) is -0.00683. The normalized spacial score (nSPS) is 9.64. The van der Waals surface area contributed by atoms with Crippen molar-refractivity contribution in [1.29, 1.82) is 0 Å². The predicted octanol–water partition coefficient (Wildman–Crippen LogP) is 2.19. The SMILES string of the molecule is COC(=O)c1cc(F)cc(Br)c1C=O. The molecule has 1 aromatic carbocycles. The average molecular weight is 261 g/mol. The van der Waals surface area contributed by atoms with Gasteiger partial charge in [-0.2, -0.15) is 0 Å². The van der Waals surface area contributed by atoms with Crippen molar-refractivity contribution in [2.75, 3.05) is 7.11 Å². The van der Waals surface area contributed by atoms with Gasteiger partial charge < -0.3 is 4.74 Å². The first-order chi connectivity index (χ1) is 6.60. The van der Waals surface area contributed by atoms with Gasteiger partial charge in [0, 0.05) is 10.0 Å². The molecule has 0 aliphatic heterocycles. The van der Waals surface area contributed by atoms with Crippen LogP contribution in [-0.4, -0.2) is 19.4 Å². The number of hydrogen-bond acceptors (Lipinski definition) is 3. The second-order valence-corrected chi connectivity index (χ2v) is 3.31. The van der Waals surface area contributed by atoms with Gasteiger partial charge in [0.05, 0.1) is 12.7 Å². The topological polar surface area (TPSA) is 43.4 Å². The molecule has 1 rings (SSSR count). The molecule has 0 heterocycles. The Morgan fingerprint density at radius 2 is 2.21 bits per heavy atom. The molecule has 14 heavy (non-hydrogen) atoms. The smallest absolute Gasteiger partial charge is 0.338 e. The van der Waals surface area contributed by atoms with E-state index in [-0.39, 0.29) is 15.6 Å². The van der Waals surface area contributed by atoms with Crippen LogP contribution in [0.3, 0.4) is 0 Å². The quantitative estimate of drug-likeness (QED) is 0.605. The minimum absolute atomic E-state index is 0.0817. The Balaban J connectivity index is 3.39. The Kier molecular flexibility index (Phi) is 3.35. The molecule has 0 spiro atoms. The number of benzene rings is 1. The highest BCUT2D eigenvalue weighted by Gasteiger charge is 2.15. The summed E-state index contributed by atoms with van der Waals surface area (Å²) >= 11 is 2.98. The summed E-state index contributed by atoms with van der Waals surface area (Å²) in [5.74, 6) is -1.35. The minimum atomic E-state index is -0.743. The molecule has 0 unspecified atom stereocenters. The van der Waals surface area contributed by atoms with E-state index in [9.17, 15) is 14.0 Å². The second kappa shape index (κ2) is 4.32. The zero-order valence-corrected chi connectivity index (χ0v) is 8.80. The van der Waals surface area contributed by atoms with Crippen molar-refractivity contribution in [3.05, 3.63) is 33.5 Å². The Morgan fingerprint density at radius 1 is 1.57 bits per heavy atom. The van der Waals surface area contributed by atoms with E-state index in [1.54, 1.807) is 0 Å². The fraction of sp³-hybridized carbons (Fsp3) is 0.111. The van der Waals surface area contributed by atoms with Crippen LogP contribution in [0.5, 0.6) is 0 Å². The highest BCUT2D eigenvalue weighted by atomic mass is 79.9. The van der Waals surface area contributed by atoms with Crippen LogP contribution in [0.25, 0.3) is 0 Å². The summed E-state index contributed by atoms with van der Waals surface area (Å²) in [6, 6.07) is 2.07. The summed E-state index contributed by atoms with van der Waals surface area (Å²) in [6.45, 7) is 0. The van der Waals surface area contributed by atoms with E-state index in [0.29, 0.717) is 6.29 Å². The van der Waals surface area contributed by atoms with E-state index in [0.717, 1.165) is 19.2 Å². The van der Waals surface area contributed by atoms with Crippen LogP contribution < -0.4 is 0 Å². The summed E-state index contributed by atoms with van der Waals surface area (Å²) in [4.78, 5) is 21.7. The van der Waals surface area contributed by atoms with Crippen LogP contribution in [0.15, 0.2) is 16.6 Å². The molecule has 5 heteroatoms. The zero-order valence-electron chi connectivity index (χ0n) is 7.21. The predicted molar refractivity (Wildman–Crippen MR) is 50.8 cm³/mol. The lowest BCUT2D eigenvalue weighted by Gasteiger charge is -2.04. The monoisotopic (exact) mass is 260 g/mol. The molecule has 0 radical (unpaired) electrons. The van der Waals surface area contributed by atoms with Gasteiger partial charge in [-0.1, -0.05) is 0 Å². The number of methoxy groups -OCH3 is 1. The summed E-state index contributed by atoms with van der Waals surface area (Å²) in [5, 5.41) is 0. The number of carbonyl (C=O) groups is 2. The maximum atomic E-state index is 12.9. The lowest BCUT2D eigenvalue weighted by atomic mass is 10.1. The highest BCUT2D eigenvalue weighted by molar-refractivity contribution is 9.10. The summed E-state index contributed by atoms with van der Waals surface area (Å²) < 4.78 is 17.5. The first-order valence-corrected chi connectivity index (χ1v) is 4.42. The van der Waals surface area contributed by atoms with Crippen molar-refractivity contribution >= 4 is 28.2 Å². The number of rotatable bonds is 2. The number of ether oxygens (including phenoxy) is 1. The summed E-state index contributed by atoms with van der Waals surface area (Å²) in [6.07, 6.45) is 0.468. The molecule has 0 N–H and O–H groups in total. The molecule has 0 bridgehead atoms. The van der Waals surface area contributed by atoms with Gasteiger partial charge in [-0.05, 0) is 28.1 Å². The summed E-state index contributed by atoms with van der Waals surface area (Å²) in [7, 11) is 1.16. The van der Waals surface area contributed by atoms with Gasteiger partial charge in [-0.3, -0.25) is 4.79 Å². The van der Waals surface area contributed by atoms with Gasteiger partial charge in [-0.25, -0.2) is 9.18 Å². The number of hydrogen-bond donors (Lipinski definition) is 0. The third-order valence-electron chi connectivity index (χ3n) is 1.62. The van der Waals surface area contributed by atoms with Gasteiger partial charge in [0.2, 0.25) is 0 Å². The fourth-order valence-corrected chi connectivity index (χ4v) is 1.51. The number of halogens is 2. The first-order valence-electron chi connectivity index (χ1n) is 3.62. The van der Waals surface area contributed by atoms with E-state index < -0.39 is 11.8 Å². The fourth-order valence-electron chi connectivity index (χ4n) is 0.983. The van der Waals surface area contributed by atoms with Crippen LogP contribution in [-0.2, 0) is 4.74 Å². The molecule has 74 valence electrons. The van der Waals surface area contributed by atoms with Crippen LogP contribution in [0.1, 0.15) is 20.7 Å². The Morgan fingerprint density at radius 3 is 2.71 bits per heavy atom. The number of aldehydes is 1. The third kappa shape index (κ3) is 1.98. The van der Waals surface area contributed by atoms with Crippen molar-refractivity contribution in [2.24, 2.45) is 0 Å². The standard InChI is InChI=1S/C9H6BrFO3/c1-14-9(13)6-2-5(11)3-8(10)7(6)4-12/h2-4H,1H3. The van der Waals surface area contributed by atoms with Crippen LogP contribution in [0.4, 0.5) is 4.39 Å². The third-order valence-corrected chi connectivity index (χ3v) is 2.27. The van der Waals surface area contributed by atoms with Crippen LogP contribution >= 0.6 is 15.9 Å². The number of esters is 1. The molecule has 3 nitrogen and oxygen atoms in total. The van der Waals surface area contributed by atoms with Gasteiger partial charge >= 0.3 is 5.97 Å². The van der Waals surface area contributed by atoms with E-state index in [2.05, 4.69) is 20.7 Å². The molecule has 0 aromatic heterocycles. The molecule has 0 saturated carbocycles. The van der Waals surface area contributed by atoms with Crippen molar-refractivity contribution in [3.63, 3.8) is 0 Å². The Bertz CT molecular complexity index is 390. The van der Waals surface area contributed by atoms with Crippen LogP contribution in [0.2, 0.25) is 0 Å². The molecule has 0 aliphatic rings. The second-order valence-electron chi connectivity index (χ2n) is 2.46. The van der Waals surface area contributed by atoms with Crippen molar-refractivity contribution in [3.8, 4) is 0 Å². The first kappa shape index (κ1) is 10.8. The van der Waals surface area contributed by atoms with Gasteiger partial charge in [0.1, 0.15) is 5.82 Å². The van der Waals surface area contributed by atoms with Crippen molar-refractivity contribution in [1.82, 2.24) is 0 Å². The maximum absolute atomic E-state index is 12.9. The molecule has 0 saturated heterocycles. The van der Waals surface area contributed by atoms with Crippen molar-refractivity contribution < 1.29 is 18.7 Å². The van der Waals surface area contributed by atoms with E-state index in [4.69, 9.17) is 0 Å². The lowest BCUT2D eigenvalue weighted by molar-refractivity contribution is 0.0597. The molecule has 0 fully saturated rings. The average Bonchev–Trinajstić information content (AvgIpc) is 2.15. The Labute approximate surface area is 88.0 Å². The molecule has 1 aromatic rings. The van der Waals surface area contributed by atoms with E-state index in [1.165, 1.54) is 0 Å². The highest BCUT2D eigenvalue weighted by Crippen LogP contribution is 2.21. The molecule has 0 aliphatic carbocycles. The Hall–Kier alpha value is -1.23. The zero-order chi connectivity index (χ0) is 10.7. The van der Waals surface area contributed by atoms with E-state index >= 15 is 0 Å². The van der Waals surface area contributed by atoms with E-state index in [1.807, 2.05) is 0 Å². The number of carbonyl (C=O) groups excluding carboxylic acids is 2. The molecular weight excluding hydrogens is 255 g/mol. The van der Waals surface area contributed by atoms with Crippen LogP contribution in [0, 0.1) is 5.82 Å². The minimum Gasteiger partial charge on any atom is -0.465 e. The molecular formula is C9H6BrFO3.